The molecular weight excluding hydrogens is 186 g/mol. The molecule has 0 saturated carbocycles. The van der Waals surface area contributed by atoms with Crippen LogP contribution in [0.4, 0.5) is 0 Å². The maximum absolute atomic E-state index is 4.23. The van der Waals surface area contributed by atoms with E-state index in [1.807, 2.05) is 27.2 Å². The second-order valence-corrected chi connectivity index (χ2v) is 4.01. The summed E-state index contributed by atoms with van der Waals surface area (Å²) in [5.41, 5.74) is 0. The van der Waals surface area contributed by atoms with Gasteiger partial charge >= 0.3 is 0 Å². The van der Waals surface area contributed by atoms with Gasteiger partial charge in [-0.25, -0.2) is 0 Å². The van der Waals surface area contributed by atoms with E-state index in [1.165, 1.54) is 0 Å². The van der Waals surface area contributed by atoms with E-state index >= 15 is 0 Å². The average molecular weight is 209 g/mol. The molecule has 0 amide bonds. The van der Waals surface area contributed by atoms with E-state index in [0.29, 0.717) is 6.04 Å². The summed E-state index contributed by atoms with van der Waals surface area (Å²) in [5.74, 6) is 6.30. The molecule has 0 unspecified atom stereocenters. The first-order chi connectivity index (χ1) is 7.07. The first kappa shape index (κ1) is 14.2. The summed E-state index contributed by atoms with van der Waals surface area (Å²) in [5, 5.41) is 0. The topological polar surface area (TPSA) is 18.8 Å². The van der Waals surface area contributed by atoms with Gasteiger partial charge in [-0.1, -0.05) is 11.8 Å². The third-order valence-electron chi connectivity index (χ3n) is 1.98. The van der Waals surface area contributed by atoms with Gasteiger partial charge in [0.2, 0.25) is 0 Å². The maximum atomic E-state index is 4.23. The maximum Gasteiger partial charge on any atom is 0.0915 e. The summed E-state index contributed by atoms with van der Waals surface area (Å²) in [6.45, 7) is 8.63. The minimum Gasteiger partial charge on any atom is -0.299 e. The van der Waals surface area contributed by atoms with Gasteiger partial charge in [0.15, 0.2) is 0 Å². The van der Waals surface area contributed by atoms with Crippen molar-refractivity contribution in [3.8, 4) is 11.8 Å². The Hall–Kier alpha value is -0.850. The molecule has 0 aliphatic carbocycles. The summed E-state index contributed by atoms with van der Waals surface area (Å²) in [6.07, 6.45) is 1.84. The van der Waals surface area contributed by atoms with Crippen LogP contribution in [0.5, 0.6) is 0 Å². The Bertz CT molecular complexity index is 233. The van der Waals surface area contributed by atoms with Gasteiger partial charge in [-0.2, -0.15) is 0 Å². The third kappa shape index (κ3) is 8.17. The summed E-state index contributed by atoms with van der Waals surface area (Å²) in [4.78, 5) is 8.54. The van der Waals surface area contributed by atoms with Crippen LogP contribution in [-0.4, -0.2) is 55.9 Å². The van der Waals surface area contributed by atoms with Gasteiger partial charge in [-0.3, -0.25) is 14.8 Å². The van der Waals surface area contributed by atoms with Gasteiger partial charge < -0.3 is 0 Å². The zero-order chi connectivity index (χ0) is 11.7. The highest BCUT2D eigenvalue weighted by Gasteiger charge is 2.05. The fourth-order valence-corrected chi connectivity index (χ4v) is 0.954. The summed E-state index contributed by atoms with van der Waals surface area (Å²) < 4.78 is 0. The van der Waals surface area contributed by atoms with Gasteiger partial charge in [0.05, 0.1) is 19.8 Å². The van der Waals surface area contributed by atoms with Crippen LogP contribution >= 0.6 is 0 Å². The zero-order valence-corrected chi connectivity index (χ0v) is 10.6. The van der Waals surface area contributed by atoms with Crippen LogP contribution < -0.4 is 0 Å². The second kappa shape index (κ2) is 8.46. The molecule has 3 nitrogen and oxygen atoms in total. The Morgan fingerprint density at radius 1 is 1.20 bits per heavy atom. The smallest absolute Gasteiger partial charge is 0.0915 e. The molecule has 0 heterocycles. The molecule has 86 valence electrons. The minimum absolute atomic E-state index is 0.488. The van der Waals surface area contributed by atoms with E-state index in [-0.39, 0.29) is 0 Å². The molecule has 0 aromatic heterocycles. The van der Waals surface area contributed by atoms with Gasteiger partial charge in [-0.15, -0.1) is 0 Å². The molecule has 0 aromatic carbocycles. The molecule has 0 aliphatic rings. The number of hydrogen-bond donors (Lipinski definition) is 0. The molecule has 15 heavy (non-hydrogen) atoms. The molecule has 0 fully saturated rings. The molecule has 0 bridgehead atoms. The van der Waals surface area contributed by atoms with Crippen molar-refractivity contribution in [1.29, 1.82) is 0 Å². The van der Waals surface area contributed by atoms with Crippen molar-refractivity contribution in [3.05, 3.63) is 0 Å². The van der Waals surface area contributed by atoms with Crippen LogP contribution in [0.1, 0.15) is 20.8 Å². The molecule has 0 rings (SSSR count). The predicted molar refractivity (Wildman–Crippen MR) is 67.2 cm³/mol. The summed E-state index contributed by atoms with van der Waals surface area (Å²) >= 11 is 0. The quantitative estimate of drug-likeness (QED) is 0.502. The SMILES string of the molecule is CC=NCN(CC#CCN(C)C)C(C)C. The minimum atomic E-state index is 0.488. The van der Waals surface area contributed by atoms with Gasteiger partial charge in [0.1, 0.15) is 0 Å². The fourth-order valence-electron chi connectivity index (χ4n) is 0.954. The van der Waals surface area contributed by atoms with E-state index in [0.717, 1.165) is 19.8 Å². The lowest BCUT2D eigenvalue weighted by molar-refractivity contribution is 0.258. The summed E-state index contributed by atoms with van der Waals surface area (Å²) in [7, 11) is 4.05. The highest BCUT2D eigenvalue weighted by molar-refractivity contribution is 5.53. The van der Waals surface area contributed by atoms with Gasteiger partial charge in [0, 0.05) is 6.04 Å². The van der Waals surface area contributed by atoms with E-state index in [9.17, 15) is 0 Å². The van der Waals surface area contributed by atoms with Crippen LogP contribution in [0, 0.1) is 11.8 Å². The molecule has 0 saturated heterocycles. The Morgan fingerprint density at radius 2 is 1.80 bits per heavy atom. The van der Waals surface area contributed by atoms with E-state index < -0.39 is 0 Å². The lowest BCUT2D eigenvalue weighted by Gasteiger charge is -2.21. The Labute approximate surface area is 94.2 Å². The number of aliphatic imine (C=N–C) groups is 1. The first-order valence-corrected chi connectivity index (χ1v) is 5.36. The number of hydrogen-bond acceptors (Lipinski definition) is 3. The van der Waals surface area contributed by atoms with Crippen molar-refractivity contribution in [2.45, 2.75) is 26.8 Å². The van der Waals surface area contributed by atoms with Crippen LogP contribution in [0.15, 0.2) is 4.99 Å². The van der Waals surface area contributed by atoms with Crippen LogP contribution in [0.25, 0.3) is 0 Å². The van der Waals surface area contributed by atoms with Crippen molar-refractivity contribution >= 4 is 6.21 Å². The van der Waals surface area contributed by atoms with E-state index in [1.54, 1.807) is 0 Å². The van der Waals surface area contributed by atoms with Gasteiger partial charge in [0.25, 0.3) is 0 Å². The lowest BCUT2D eigenvalue weighted by atomic mass is 10.3. The first-order valence-electron chi connectivity index (χ1n) is 5.36. The Kier molecular flexibility index (Phi) is 7.98. The molecule has 0 radical (unpaired) electrons. The fraction of sp³-hybridized carbons (Fsp3) is 0.750. The molecule has 0 atom stereocenters. The van der Waals surface area contributed by atoms with Crippen LogP contribution in [0.2, 0.25) is 0 Å². The standard InChI is InChI=1S/C12H23N3/c1-6-13-11-15(12(2)3)10-8-7-9-14(4)5/h6,12H,9-11H2,1-5H3. The molecular formula is C12H23N3. The molecule has 3 heteroatoms. The average Bonchev–Trinajstić information content (AvgIpc) is 2.15. The number of rotatable bonds is 5. The molecule has 0 aromatic rings. The number of nitrogens with zero attached hydrogens (tertiary/aromatic N) is 3. The van der Waals surface area contributed by atoms with E-state index in [2.05, 4.69) is 40.5 Å². The second-order valence-electron chi connectivity index (χ2n) is 4.01. The van der Waals surface area contributed by atoms with Crippen molar-refractivity contribution in [1.82, 2.24) is 9.80 Å². The Morgan fingerprint density at radius 3 is 2.27 bits per heavy atom. The van der Waals surface area contributed by atoms with Crippen molar-refractivity contribution in [2.24, 2.45) is 4.99 Å². The zero-order valence-electron chi connectivity index (χ0n) is 10.6. The van der Waals surface area contributed by atoms with Crippen molar-refractivity contribution in [2.75, 3.05) is 33.9 Å². The molecule has 0 aliphatic heterocycles. The molecule has 0 spiro atoms. The van der Waals surface area contributed by atoms with E-state index in [4.69, 9.17) is 0 Å². The van der Waals surface area contributed by atoms with Crippen LogP contribution in [-0.2, 0) is 0 Å². The molecule has 0 N–H and O–H groups in total. The predicted octanol–water partition coefficient (Wildman–Crippen LogP) is 1.31. The van der Waals surface area contributed by atoms with Crippen LogP contribution in [0.3, 0.4) is 0 Å². The third-order valence-corrected chi connectivity index (χ3v) is 1.98. The lowest BCUT2D eigenvalue weighted by Crippen LogP contribution is -2.31. The highest BCUT2D eigenvalue weighted by atomic mass is 15.2. The summed E-state index contributed by atoms with van der Waals surface area (Å²) in [6, 6.07) is 0.488. The normalized spacial score (nSPS) is 11.5. The largest absolute Gasteiger partial charge is 0.299 e. The van der Waals surface area contributed by atoms with Crippen molar-refractivity contribution < 1.29 is 0 Å². The van der Waals surface area contributed by atoms with Gasteiger partial charge in [-0.05, 0) is 41.1 Å². The highest BCUT2D eigenvalue weighted by Crippen LogP contribution is 1.96. The monoisotopic (exact) mass is 209 g/mol. The van der Waals surface area contributed by atoms with Crippen molar-refractivity contribution in [3.63, 3.8) is 0 Å². The Balaban J connectivity index is 3.98.